The highest BCUT2D eigenvalue weighted by molar-refractivity contribution is 5.16. The maximum atomic E-state index is 9.98. The summed E-state index contributed by atoms with van der Waals surface area (Å²) >= 11 is 0. The topological polar surface area (TPSA) is 29.5 Å². The van der Waals surface area contributed by atoms with Crippen LogP contribution in [0.15, 0.2) is 11.8 Å². The van der Waals surface area contributed by atoms with Crippen molar-refractivity contribution in [2.45, 2.75) is 38.7 Å². The minimum Gasteiger partial charge on any atom is -0.501 e. The first-order valence-electron chi connectivity index (χ1n) is 4.26. The Bertz CT molecular complexity index is 157. The molecule has 1 heterocycles. The standard InChI is InChI=1S/C9H16O2/c1-3-9(10,4-2)8-5-6-11-7-8/h7,10H,3-6H2,1-2H3. The maximum absolute atomic E-state index is 9.98. The van der Waals surface area contributed by atoms with E-state index < -0.39 is 5.60 Å². The van der Waals surface area contributed by atoms with Gasteiger partial charge in [0.25, 0.3) is 0 Å². The molecule has 0 spiro atoms. The van der Waals surface area contributed by atoms with E-state index in [2.05, 4.69) is 0 Å². The summed E-state index contributed by atoms with van der Waals surface area (Å²) in [5, 5.41) is 9.98. The van der Waals surface area contributed by atoms with Gasteiger partial charge in [0, 0.05) is 6.42 Å². The average Bonchev–Trinajstić information content (AvgIpc) is 2.55. The fraction of sp³-hybridized carbons (Fsp3) is 0.778. The van der Waals surface area contributed by atoms with Gasteiger partial charge in [-0.15, -0.1) is 0 Å². The van der Waals surface area contributed by atoms with E-state index >= 15 is 0 Å². The molecule has 0 radical (unpaired) electrons. The highest BCUT2D eigenvalue weighted by Crippen LogP contribution is 2.29. The Morgan fingerprint density at radius 1 is 1.55 bits per heavy atom. The number of aliphatic hydroxyl groups is 1. The molecule has 1 rings (SSSR count). The SMILES string of the molecule is CCC(O)(CC)C1=COCC1. The van der Waals surface area contributed by atoms with Crippen LogP contribution in [0.25, 0.3) is 0 Å². The number of rotatable bonds is 3. The van der Waals surface area contributed by atoms with Crippen LogP contribution in [0, 0.1) is 0 Å². The average molecular weight is 156 g/mol. The quantitative estimate of drug-likeness (QED) is 0.675. The molecule has 0 aromatic carbocycles. The second-order valence-corrected chi connectivity index (χ2v) is 3.00. The van der Waals surface area contributed by atoms with Gasteiger partial charge in [0.05, 0.1) is 18.5 Å². The maximum Gasteiger partial charge on any atom is 0.0912 e. The molecule has 1 N–H and O–H groups in total. The van der Waals surface area contributed by atoms with Crippen molar-refractivity contribution in [2.75, 3.05) is 6.61 Å². The van der Waals surface area contributed by atoms with Crippen LogP contribution >= 0.6 is 0 Å². The molecule has 11 heavy (non-hydrogen) atoms. The van der Waals surface area contributed by atoms with Crippen LogP contribution in [0.5, 0.6) is 0 Å². The van der Waals surface area contributed by atoms with Crippen molar-refractivity contribution in [3.63, 3.8) is 0 Å². The van der Waals surface area contributed by atoms with Crippen LogP contribution in [0.4, 0.5) is 0 Å². The molecular formula is C9H16O2. The Kier molecular flexibility index (Phi) is 2.55. The largest absolute Gasteiger partial charge is 0.501 e. The molecule has 0 saturated heterocycles. The van der Waals surface area contributed by atoms with Crippen LogP contribution in [-0.2, 0) is 4.74 Å². The minimum absolute atomic E-state index is 0.601. The second kappa shape index (κ2) is 3.26. The fourth-order valence-electron chi connectivity index (χ4n) is 1.43. The highest BCUT2D eigenvalue weighted by Gasteiger charge is 2.29. The van der Waals surface area contributed by atoms with Crippen molar-refractivity contribution in [2.24, 2.45) is 0 Å². The smallest absolute Gasteiger partial charge is 0.0912 e. The summed E-state index contributed by atoms with van der Waals surface area (Å²) in [6.07, 6.45) is 4.16. The van der Waals surface area contributed by atoms with Crippen molar-refractivity contribution >= 4 is 0 Å². The molecule has 0 aromatic rings. The molecule has 0 atom stereocenters. The lowest BCUT2D eigenvalue weighted by atomic mass is 9.88. The third-order valence-corrected chi connectivity index (χ3v) is 2.48. The first-order valence-corrected chi connectivity index (χ1v) is 4.26. The predicted octanol–water partition coefficient (Wildman–Crippen LogP) is 1.84. The zero-order valence-electron chi connectivity index (χ0n) is 7.26. The Hall–Kier alpha value is -0.500. The van der Waals surface area contributed by atoms with E-state index in [9.17, 15) is 5.11 Å². The lowest BCUT2D eigenvalue weighted by Gasteiger charge is -2.25. The summed E-state index contributed by atoms with van der Waals surface area (Å²) in [6.45, 7) is 4.74. The van der Waals surface area contributed by atoms with Gasteiger partial charge < -0.3 is 9.84 Å². The summed E-state index contributed by atoms with van der Waals surface area (Å²) in [4.78, 5) is 0. The van der Waals surface area contributed by atoms with Gasteiger partial charge in [-0.3, -0.25) is 0 Å². The Morgan fingerprint density at radius 3 is 2.55 bits per heavy atom. The summed E-state index contributed by atoms with van der Waals surface area (Å²) in [5.74, 6) is 0. The van der Waals surface area contributed by atoms with Crippen LogP contribution in [0.2, 0.25) is 0 Å². The molecule has 0 bridgehead atoms. The lowest BCUT2D eigenvalue weighted by molar-refractivity contribution is 0.0680. The van der Waals surface area contributed by atoms with E-state index in [1.165, 1.54) is 0 Å². The predicted molar refractivity (Wildman–Crippen MR) is 44.2 cm³/mol. The summed E-state index contributed by atoms with van der Waals surface area (Å²) in [6, 6.07) is 0. The molecule has 2 heteroatoms. The lowest BCUT2D eigenvalue weighted by Crippen LogP contribution is -2.28. The Balaban J connectivity index is 2.67. The van der Waals surface area contributed by atoms with E-state index in [4.69, 9.17) is 4.74 Å². The van der Waals surface area contributed by atoms with Gasteiger partial charge >= 0.3 is 0 Å². The molecule has 0 fully saturated rings. The molecule has 0 unspecified atom stereocenters. The van der Waals surface area contributed by atoms with E-state index in [-0.39, 0.29) is 0 Å². The van der Waals surface area contributed by atoms with E-state index in [1.807, 2.05) is 13.8 Å². The summed E-state index contributed by atoms with van der Waals surface area (Å²) in [5.41, 5.74) is 0.457. The summed E-state index contributed by atoms with van der Waals surface area (Å²) < 4.78 is 5.08. The zero-order valence-corrected chi connectivity index (χ0v) is 7.26. The van der Waals surface area contributed by atoms with Gasteiger partial charge in [-0.25, -0.2) is 0 Å². The normalized spacial score (nSPS) is 17.9. The molecule has 1 aliphatic heterocycles. The van der Waals surface area contributed by atoms with Gasteiger partial charge in [0.15, 0.2) is 0 Å². The first kappa shape index (κ1) is 8.60. The molecule has 0 aromatic heterocycles. The Labute approximate surface area is 67.9 Å². The molecule has 0 saturated carbocycles. The van der Waals surface area contributed by atoms with E-state index in [0.717, 1.165) is 31.4 Å². The van der Waals surface area contributed by atoms with Crippen molar-refractivity contribution in [3.05, 3.63) is 11.8 Å². The molecule has 64 valence electrons. The molecule has 2 nitrogen and oxygen atoms in total. The monoisotopic (exact) mass is 156 g/mol. The van der Waals surface area contributed by atoms with Gasteiger partial charge in [-0.05, 0) is 18.4 Å². The van der Waals surface area contributed by atoms with E-state index in [1.54, 1.807) is 6.26 Å². The first-order chi connectivity index (χ1) is 5.23. The third kappa shape index (κ3) is 1.56. The number of ether oxygens (including phenoxy) is 1. The van der Waals surface area contributed by atoms with Gasteiger partial charge in [-0.1, -0.05) is 13.8 Å². The van der Waals surface area contributed by atoms with Gasteiger partial charge in [-0.2, -0.15) is 0 Å². The van der Waals surface area contributed by atoms with Crippen molar-refractivity contribution < 1.29 is 9.84 Å². The number of hydrogen-bond donors (Lipinski definition) is 1. The minimum atomic E-state index is -0.601. The van der Waals surface area contributed by atoms with Crippen LogP contribution in [0.1, 0.15) is 33.1 Å². The Morgan fingerprint density at radius 2 is 2.18 bits per heavy atom. The van der Waals surface area contributed by atoms with Gasteiger partial charge in [0.1, 0.15) is 0 Å². The van der Waals surface area contributed by atoms with Crippen LogP contribution < -0.4 is 0 Å². The van der Waals surface area contributed by atoms with Crippen molar-refractivity contribution in [1.82, 2.24) is 0 Å². The molecule has 1 aliphatic rings. The molecule has 0 amide bonds. The van der Waals surface area contributed by atoms with E-state index in [0.29, 0.717) is 0 Å². The van der Waals surface area contributed by atoms with Crippen LogP contribution in [0.3, 0.4) is 0 Å². The molecule has 0 aliphatic carbocycles. The van der Waals surface area contributed by atoms with Crippen molar-refractivity contribution in [3.8, 4) is 0 Å². The third-order valence-electron chi connectivity index (χ3n) is 2.48. The molecular weight excluding hydrogens is 140 g/mol. The second-order valence-electron chi connectivity index (χ2n) is 3.00. The van der Waals surface area contributed by atoms with Crippen molar-refractivity contribution in [1.29, 1.82) is 0 Å². The number of hydrogen-bond acceptors (Lipinski definition) is 2. The van der Waals surface area contributed by atoms with Gasteiger partial charge in [0.2, 0.25) is 0 Å². The summed E-state index contributed by atoms with van der Waals surface area (Å²) in [7, 11) is 0. The fourth-order valence-corrected chi connectivity index (χ4v) is 1.43. The highest BCUT2D eigenvalue weighted by atomic mass is 16.5. The van der Waals surface area contributed by atoms with Crippen LogP contribution in [-0.4, -0.2) is 17.3 Å². The zero-order chi connectivity index (χ0) is 8.32.